The van der Waals surface area contributed by atoms with Gasteiger partial charge in [-0.3, -0.25) is 14.2 Å². The molecule has 128 valence electrons. The Morgan fingerprint density at radius 2 is 2.00 bits per heavy atom. The Kier molecular flexibility index (Phi) is 4.99. The van der Waals surface area contributed by atoms with Crippen molar-refractivity contribution in [2.24, 2.45) is 7.05 Å². The van der Waals surface area contributed by atoms with Crippen molar-refractivity contribution >= 4 is 38.4 Å². The maximum atomic E-state index is 12.4. The molecule has 1 amide bonds. The van der Waals surface area contributed by atoms with E-state index in [4.69, 9.17) is 0 Å². The van der Waals surface area contributed by atoms with Gasteiger partial charge in [0.1, 0.15) is 5.82 Å². The van der Waals surface area contributed by atoms with Crippen LogP contribution in [0.5, 0.6) is 0 Å². The van der Waals surface area contributed by atoms with E-state index in [2.05, 4.69) is 26.2 Å². The number of nitrogens with one attached hydrogen (secondary N) is 1. The van der Waals surface area contributed by atoms with Gasteiger partial charge in [-0.2, -0.15) is 0 Å². The molecule has 0 saturated heterocycles. The summed E-state index contributed by atoms with van der Waals surface area (Å²) in [7, 11) is 1.69. The molecular formula is C19H18BrN3O2. The number of benzene rings is 2. The largest absolute Gasteiger partial charge is 0.326 e. The Hall–Kier alpha value is -2.47. The first-order valence-corrected chi connectivity index (χ1v) is 8.75. The predicted octanol–water partition coefficient (Wildman–Crippen LogP) is 3.58. The van der Waals surface area contributed by atoms with Crippen molar-refractivity contribution in [3.63, 3.8) is 0 Å². The van der Waals surface area contributed by atoms with Gasteiger partial charge in [-0.15, -0.1) is 0 Å². The average molecular weight is 400 g/mol. The number of fused-ring (bicyclic) bond motifs is 1. The van der Waals surface area contributed by atoms with Gasteiger partial charge in [-0.1, -0.05) is 28.1 Å². The normalized spacial score (nSPS) is 10.8. The van der Waals surface area contributed by atoms with E-state index >= 15 is 0 Å². The number of para-hydroxylation sites is 1. The number of rotatable bonds is 4. The van der Waals surface area contributed by atoms with Gasteiger partial charge in [0.25, 0.3) is 5.56 Å². The predicted molar refractivity (Wildman–Crippen MR) is 103 cm³/mol. The molecule has 0 fully saturated rings. The van der Waals surface area contributed by atoms with Crippen molar-refractivity contribution in [1.82, 2.24) is 9.55 Å². The molecule has 5 nitrogen and oxygen atoms in total. The molecule has 0 aliphatic rings. The third kappa shape index (κ3) is 3.79. The van der Waals surface area contributed by atoms with Gasteiger partial charge in [0, 0.05) is 30.0 Å². The first kappa shape index (κ1) is 17.4. The standard InChI is InChI=1S/C19H18BrN3O2/c1-12-11-13(20)7-8-15(12)22-18(24)10-9-17-21-16-6-4-3-5-14(16)19(25)23(17)2/h3-8,11H,9-10H2,1-2H3,(H,22,24). The molecule has 0 spiro atoms. The van der Waals surface area contributed by atoms with Crippen LogP contribution in [0.15, 0.2) is 51.7 Å². The summed E-state index contributed by atoms with van der Waals surface area (Å²) in [4.78, 5) is 29.1. The molecule has 1 heterocycles. The second-order valence-electron chi connectivity index (χ2n) is 5.92. The number of aromatic nitrogens is 2. The molecule has 0 unspecified atom stereocenters. The number of aryl methyl sites for hydroxylation is 2. The van der Waals surface area contributed by atoms with Gasteiger partial charge in [0.2, 0.25) is 5.91 Å². The number of hydrogen-bond acceptors (Lipinski definition) is 3. The SMILES string of the molecule is Cc1cc(Br)ccc1NC(=O)CCc1nc2ccccc2c(=O)n1C. The van der Waals surface area contributed by atoms with E-state index in [0.29, 0.717) is 23.1 Å². The van der Waals surface area contributed by atoms with Gasteiger partial charge in [-0.25, -0.2) is 4.98 Å². The maximum Gasteiger partial charge on any atom is 0.261 e. The Morgan fingerprint density at radius 3 is 2.76 bits per heavy atom. The molecule has 2 aromatic carbocycles. The van der Waals surface area contributed by atoms with Crippen LogP contribution in [-0.2, 0) is 18.3 Å². The van der Waals surface area contributed by atoms with Gasteiger partial charge in [-0.05, 0) is 42.8 Å². The van der Waals surface area contributed by atoms with Crippen molar-refractivity contribution in [1.29, 1.82) is 0 Å². The third-order valence-electron chi connectivity index (χ3n) is 4.11. The van der Waals surface area contributed by atoms with Crippen LogP contribution < -0.4 is 10.9 Å². The van der Waals surface area contributed by atoms with Crippen LogP contribution in [0.25, 0.3) is 10.9 Å². The van der Waals surface area contributed by atoms with Crippen LogP contribution in [0, 0.1) is 6.92 Å². The van der Waals surface area contributed by atoms with Crippen LogP contribution in [0.3, 0.4) is 0 Å². The highest BCUT2D eigenvalue weighted by molar-refractivity contribution is 9.10. The van der Waals surface area contributed by atoms with Gasteiger partial charge in [0.15, 0.2) is 0 Å². The van der Waals surface area contributed by atoms with E-state index in [1.807, 2.05) is 43.3 Å². The molecule has 0 aliphatic heterocycles. The maximum absolute atomic E-state index is 12.4. The van der Waals surface area contributed by atoms with Gasteiger partial charge >= 0.3 is 0 Å². The Labute approximate surface area is 153 Å². The van der Waals surface area contributed by atoms with Gasteiger partial charge < -0.3 is 5.32 Å². The summed E-state index contributed by atoms with van der Waals surface area (Å²) in [6, 6.07) is 12.9. The van der Waals surface area contributed by atoms with Gasteiger partial charge in [0.05, 0.1) is 10.9 Å². The summed E-state index contributed by atoms with van der Waals surface area (Å²) in [5, 5.41) is 3.49. The summed E-state index contributed by atoms with van der Waals surface area (Å²) < 4.78 is 2.49. The monoisotopic (exact) mass is 399 g/mol. The number of nitrogens with zero attached hydrogens (tertiary/aromatic N) is 2. The lowest BCUT2D eigenvalue weighted by atomic mass is 10.2. The highest BCUT2D eigenvalue weighted by Gasteiger charge is 2.11. The lowest BCUT2D eigenvalue weighted by Crippen LogP contribution is -2.23. The number of carbonyl (C=O) groups excluding carboxylic acids is 1. The van der Waals surface area contributed by atoms with E-state index < -0.39 is 0 Å². The van der Waals surface area contributed by atoms with E-state index in [1.54, 1.807) is 13.1 Å². The fourth-order valence-electron chi connectivity index (χ4n) is 2.69. The van der Waals surface area contributed by atoms with Crippen molar-refractivity contribution in [2.75, 3.05) is 5.32 Å². The van der Waals surface area contributed by atoms with Crippen LogP contribution in [-0.4, -0.2) is 15.5 Å². The summed E-state index contributed by atoms with van der Waals surface area (Å²) in [5.74, 6) is 0.499. The molecule has 1 N–H and O–H groups in total. The fraction of sp³-hybridized carbons (Fsp3) is 0.211. The summed E-state index contributed by atoms with van der Waals surface area (Å²) in [5.41, 5.74) is 2.34. The smallest absolute Gasteiger partial charge is 0.261 e. The minimum Gasteiger partial charge on any atom is -0.326 e. The molecule has 3 aromatic rings. The average Bonchev–Trinajstić information content (AvgIpc) is 2.59. The summed E-state index contributed by atoms with van der Waals surface area (Å²) in [6.07, 6.45) is 0.659. The first-order valence-electron chi connectivity index (χ1n) is 7.96. The van der Waals surface area contributed by atoms with E-state index in [-0.39, 0.29) is 17.9 Å². The Balaban J connectivity index is 1.75. The zero-order chi connectivity index (χ0) is 18.0. The quantitative estimate of drug-likeness (QED) is 0.728. The molecule has 1 aromatic heterocycles. The fourth-order valence-corrected chi connectivity index (χ4v) is 3.17. The minimum atomic E-state index is -0.104. The summed E-state index contributed by atoms with van der Waals surface area (Å²) in [6.45, 7) is 1.94. The Morgan fingerprint density at radius 1 is 1.24 bits per heavy atom. The van der Waals surface area contributed by atoms with Crippen molar-refractivity contribution < 1.29 is 4.79 Å². The first-order chi connectivity index (χ1) is 12.0. The zero-order valence-electron chi connectivity index (χ0n) is 14.0. The number of halogens is 1. The zero-order valence-corrected chi connectivity index (χ0v) is 15.6. The highest BCUT2D eigenvalue weighted by Crippen LogP contribution is 2.20. The molecule has 0 atom stereocenters. The number of carbonyl (C=O) groups is 1. The van der Waals surface area contributed by atoms with E-state index in [0.717, 1.165) is 15.7 Å². The van der Waals surface area contributed by atoms with E-state index in [1.165, 1.54) is 4.57 Å². The lowest BCUT2D eigenvalue weighted by molar-refractivity contribution is -0.116. The molecule has 0 bridgehead atoms. The molecule has 3 rings (SSSR count). The van der Waals surface area contributed by atoms with Crippen LogP contribution in [0.4, 0.5) is 5.69 Å². The van der Waals surface area contributed by atoms with Crippen LogP contribution in [0.1, 0.15) is 17.8 Å². The molecular weight excluding hydrogens is 382 g/mol. The number of anilines is 1. The Bertz CT molecular complexity index is 1010. The second-order valence-corrected chi connectivity index (χ2v) is 6.83. The molecule has 0 aliphatic carbocycles. The molecule has 6 heteroatoms. The van der Waals surface area contributed by atoms with Crippen LogP contribution >= 0.6 is 15.9 Å². The molecule has 0 radical (unpaired) electrons. The topological polar surface area (TPSA) is 64.0 Å². The molecule has 0 saturated carbocycles. The van der Waals surface area contributed by atoms with Crippen molar-refractivity contribution in [3.8, 4) is 0 Å². The number of amides is 1. The number of hydrogen-bond donors (Lipinski definition) is 1. The highest BCUT2D eigenvalue weighted by atomic mass is 79.9. The second kappa shape index (κ2) is 7.19. The lowest BCUT2D eigenvalue weighted by Gasteiger charge is -2.11. The molecule has 25 heavy (non-hydrogen) atoms. The van der Waals surface area contributed by atoms with E-state index in [9.17, 15) is 9.59 Å². The minimum absolute atomic E-state index is 0.0928. The third-order valence-corrected chi connectivity index (χ3v) is 4.61. The van der Waals surface area contributed by atoms with Crippen molar-refractivity contribution in [2.45, 2.75) is 19.8 Å². The van der Waals surface area contributed by atoms with Crippen LogP contribution in [0.2, 0.25) is 0 Å². The van der Waals surface area contributed by atoms with Crippen molar-refractivity contribution in [3.05, 3.63) is 68.7 Å². The summed E-state index contributed by atoms with van der Waals surface area (Å²) >= 11 is 3.40.